The number of hydrogen-bond donors (Lipinski definition) is 0. The average molecular weight is 428 g/mol. The second kappa shape index (κ2) is 12.4. The molecule has 0 aliphatic heterocycles. The van der Waals surface area contributed by atoms with Crippen molar-refractivity contribution in [3.05, 3.63) is 47.0 Å². The first kappa shape index (κ1) is 24.0. The first-order chi connectivity index (χ1) is 15.1. The Bertz CT molecular complexity index is 724. The first-order valence-electron chi connectivity index (χ1n) is 12.7. The number of hydrogen-bond acceptors (Lipinski definition) is 1. The maximum Gasteiger partial charge on any atom is 0.144 e. The van der Waals surface area contributed by atoms with Gasteiger partial charge in [0.2, 0.25) is 0 Å². The highest BCUT2D eigenvalue weighted by molar-refractivity contribution is 5.36. The van der Waals surface area contributed by atoms with E-state index in [4.69, 9.17) is 5.26 Å². The quantitative estimate of drug-likeness (QED) is 0.285. The Morgan fingerprint density at radius 3 is 1.94 bits per heavy atom. The first-order valence-corrected chi connectivity index (χ1v) is 12.7. The zero-order valence-electron chi connectivity index (χ0n) is 19.2. The molecule has 0 amide bonds. The van der Waals surface area contributed by atoms with Crippen LogP contribution < -0.4 is 0 Å². The monoisotopic (exact) mass is 427 g/mol. The number of benzene rings is 1. The van der Waals surface area contributed by atoms with Crippen molar-refractivity contribution in [3.63, 3.8) is 0 Å². The van der Waals surface area contributed by atoms with Crippen molar-refractivity contribution in [2.75, 3.05) is 0 Å². The molecule has 2 aliphatic carbocycles. The Morgan fingerprint density at radius 2 is 1.39 bits per heavy atom. The molecular weight excluding hydrogens is 388 g/mol. The molecule has 0 spiro atoms. The van der Waals surface area contributed by atoms with Crippen LogP contribution in [0.2, 0.25) is 0 Å². The molecule has 3 heteroatoms. The molecule has 2 saturated carbocycles. The molecule has 2 aliphatic rings. The molecule has 0 aromatic heterocycles. The predicted molar refractivity (Wildman–Crippen MR) is 124 cm³/mol. The molecule has 1 nitrogen and oxygen atoms in total. The number of rotatable bonds is 9. The van der Waals surface area contributed by atoms with Gasteiger partial charge in [0.1, 0.15) is 23.3 Å². The second-order valence-electron chi connectivity index (χ2n) is 9.95. The van der Waals surface area contributed by atoms with Gasteiger partial charge in [-0.3, -0.25) is 0 Å². The zero-order valence-corrected chi connectivity index (χ0v) is 19.2. The lowest BCUT2D eigenvalue weighted by molar-refractivity contribution is 0.287. The van der Waals surface area contributed by atoms with E-state index in [0.29, 0.717) is 11.5 Å². The summed E-state index contributed by atoms with van der Waals surface area (Å²) in [4.78, 5) is 0. The van der Waals surface area contributed by atoms with Crippen molar-refractivity contribution >= 4 is 0 Å². The van der Waals surface area contributed by atoms with E-state index in [1.54, 1.807) is 6.07 Å². The van der Waals surface area contributed by atoms with Crippen LogP contribution in [0.25, 0.3) is 0 Å². The second-order valence-corrected chi connectivity index (χ2v) is 9.95. The van der Waals surface area contributed by atoms with E-state index in [1.165, 1.54) is 76.3 Å². The van der Waals surface area contributed by atoms with Gasteiger partial charge in [-0.25, -0.2) is 8.78 Å². The van der Waals surface area contributed by atoms with Crippen molar-refractivity contribution in [2.24, 2.45) is 17.8 Å². The van der Waals surface area contributed by atoms with Crippen LogP contribution in [-0.4, -0.2) is 0 Å². The minimum atomic E-state index is -0.726. The summed E-state index contributed by atoms with van der Waals surface area (Å²) >= 11 is 0. The number of nitrogens with zero attached hydrogens (tertiary/aromatic N) is 1. The van der Waals surface area contributed by atoms with E-state index >= 15 is 0 Å². The topological polar surface area (TPSA) is 23.8 Å². The molecule has 3 rings (SSSR count). The van der Waals surface area contributed by atoms with Crippen molar-refractivity contribution < 1.29 is 8.78 Å². The summed E-state index contributed by atoms with van der Waals surface area (Å²) in [7, 11) is 0. The molecule has 1 aromatic carbocycles. The molecule has 0 saturated heterocycles. The van der Waals surface area contributed by atoms with E-state index in [2.05, 4.69) is 19.1 Å². The van der Waals surface area contributed by atoms with Gasteiger partial charge in [-0.05, 0) is 92.7 Å². The fraction of sp³-hybridized carbons (Fsp3) is 0.679. The molecule has 2 fully saturated rings. The van der Waals surface area contributed by atoms with Gasteiger partial charge in [-0.1, -0.05) is 57.6 Å². The molecule has 0 atom stereocenters. The Kier molecular flexibility index (Phi) is 9.56. The third-order valence-corrected chi connectivity index (χ3v) is 7.68. The summed E-state index contributed by atoms with van der Waals surface area (Å²) < 4.78 is 27.9. The standard InChI is InChI=1S/C28H39F2N/c1-2-3-4-5-6-7-21-8-10-22(11-9-21)12-13-23-14-16-24(17-15-23)25-18-27(29)26(20-31)28(30)19-25/h12-13,18-19,21-24H,2-11,14-17H2,1H3/t21-,22-,23-,24-. The predicted octanol–water partition coefficient (Wildman–Crippen LogP) is 8.83. The molecular formula is C28H39F2N. The molecule has 0 radical (unpaired) electrons. The van der Waals surface area contributed by atoms with Gasteiger partial charge in [0.15, 0.2) is 0 Å². The summed E-state index contributed by atoms with van der Waals surface area (Å²) in [6.45, 7) is 2.28. The molecule has 31 heavy (non-hydrogen) atoms. The van der Waals surface area contributed by atoms with Crippen molar-refractivity contribution in [2.45, 2.75) is 103 Å². The molecule has 170 valence electrons. The van der Waals surface area contributed by atoms with Crippen LogP contribution in [0.3, 0.4) is 0 Å². The lowest BCUT2D eigenvalue weighted by Crippen LogP contribution is -2.15. The van der Waals surface area contributed by atoms with Crippen molar-refractivity contribution in [1.82, 2.24) is 0 Å². The molecule has 0 heterocycles. The minimum Gasteiger partial charge on any atom is -0.205 e. The fourth-order valence-corrected chi connectivity index (χ4v) is 5.60. The number of halogens is 2. The minimum absolute atomic E-state index is 0.203. The maximum absolute atomic E-state index is 13.9. The van der Waals surface area contributed by atoms with E-state index in [0.717, 1.165) is 37.5 Å². The van der Waals surface area contributed by atoms with Gasteiger partial charge in [0.05, 0.1) is 0 Å². The number of unbranched alkanes of at least 4 members (excludes halogenated alkanes) is 4. The van der Waals surface area contributed by atoms with Gasteiger partial charge in [-0.2, -0.15) is 5.26 Å². The van der Waals surface area contributed by atoms with Gasteiger partial charge in [0.25, 0.3) is 0 Å². The summed E-state index contributed by atoms with van der Waals surface area (Å²) in [5.41, 5.74) is 0.246. The maximum atomic E-state index is 13.9. The van der Waals surface area contributed by atoms with Crippen LogP contribution in [-0.2, 0) is 0 Å². The van der Waals surface area contributed by atoms with Crippen LogP contribution in [0.1, 0.15) is 114 Å². The Balaban J connectivity index is 1.37. The lowest BCUT2D eigenvalue weighted by Gasteiger charge is -2.29. The number of nitriles is 1. The zero-order chi connectivity index (χ0) is 22.1. The van der Waals surface area contributed by atoms with Crippen LogP contribution in [0.5, 0.6) is 0 Å². The Morgan fingerprint density at radius 1 is 0.839 bits per heavy atom. The average Bonchev–Trinajstić information content (AvgIpc) is 2.78. The highest BCUT2D eigenvalue weighted by Crippen LogP contribution is 2.38. The summed E-state index contributed by atoms with van der Waals surface area (Å²) in [5, 5.41) is 8.84. The summed E-state index contributed by atoms with van der Waals surface area (Å²) in [5.74, 6) is 1.05. The third-order valence-electron chi connectivity index (χ3n) is 7.68. The smallest absolute Gasteiger partial charge is 0.144 e. The van der Waals surface area contributed by atoms with E-state index < -0.39 is 17.2 Å². The van der Waals surface area contributed by atoms with Crippen molar-refractivity contribution in [1.29, 1.82) is 5.26 Å². The Hall–Kier alpha value is -1.69. The largest absolute Gasteiger partial charge is 0.205 e. The van der Waals surface area contributed by atoms with Crippen LogP contribution in [0.4, 0.5) is 8.78 Å². The van der Waals surface area contributed by atoms with Gasteiger partial charge in [0, 0.05) is 0 Å². The SMILES string of the molecule is CCCCCCC[C@H]1CC[C@H](C=C[C@H]2CC[C@H](c3cc(F)c(C#N)c(F)c3)CC2)CC1. The molecule has 0 bridgehead atoms. The van der Waals surface area contributed by atoms with Gasteiger partial charge >= 0.3 is 0 Å². The lowest BCUT2D eigenvalue weighted by atomic mass is 9.76. The van der Waals surface area contributed by atoms with E-state index in [-0.39, 0.29) is 5.92 Å². The fourth-order valence-electron chi connectivity index (χ4n) is 5.60. The van der Waals surface area contributed by atoms with Crippen LogP contribution in [0, 0.1) is 40.7 Å². The highest BCUT2D eigenvalue weighted by Gasteiger charge is 2.24. The summed E-state index contributed by atoms with van der Waals surface area (Å²) in [6, 6.07) is 4.34. The third kappa shape index (κ3) is 7.16. The van der Waals surface area contributed by atoms with E-state index in [1.807, 2.05) is 0 Å². The molecule has 1 aromatic rings. The van der Waals surface area contributed by atoms with Crippen molar-refractivity contribution in [3.8, 4) is 6.07 Å². The van der Waals surface area contributed by atoms with Gasteiger partial charge < -0.3 is 0 Å². The van der Waals surface area contributed by atoms with Crippen LogP contribution in [0.15, 0.2) is 24.3 Å². The normalized spacial score (nSPS) is 26.8. The molecule has 0 unspecified atom stereocenters. The van der Waals surface area contributed by atoms with E-state index in [9.17, 15) is 8.78 Å². The highest BCUT2D eigenvalue weighted by atomic mass is 19.1. The Labute approximate surface area is 187 Å². The number of allylic oxidation sites excluding steroid dienone is 2. The van der Waals surface area contributed by atoms with Crippen LogP contribution >= 0.6 is 0 Å². The summed E-state index contributed by atoms with van der Waals surface area (Å²) in [6.07, 6.45) is 22.9. The molecule has 0 N–H and O–H groups in total. The van der Waals surface area contributed by atoms with Gasteiger partial charge in [-0.15, -0.1) is 0 Å².